The first-order chi connectivity index (χ1) is 9.77. The quantitative estimate of drug-likeness (QED) is 0.577. The van der Waals surface area contributed by atoms with E-state index in [0.29, 0.717) is 4.47 Å². The number of hydrogen-bond donors (Lipinski definition) is 1. The van der Waals surface area contributed by atoms with Crippen LogP contribution in [-0.4, -0.2) is 14.5 Å². The lowest BCUT2D eigenvalue weighted by Gasteiger charge is -2.16. The molecule has 120 valence electrons. The fourth-order valence-corrected chi connectivity index (χ4v) is 5.26. The summed E-state index contributed by atoms with van der Waals surface area (Å²) in [6.07, 6.45) is 5.24. The van der Waals surface area contributed by atoms with Gasteiger partial charge in [-0.05, 0) is 25.5 Å². The summed E-state index contributed by atoms with van der Waals surface area (Å²) in [4.78, 5) is -0.0607. The molecule has 1 unspecified atom stereocenters. The Kier molecular flexibility index (Phi) is 7.99. The van der Waals surface area contributed by atoms with Crippen LogP contribution in [0, 0.1) is 0 Å². The van der Waals surface area contributed by atoms with E-state index in [-0.39, 0.29) is 21.0 Å². The highest BCUT2D eigenvalue weighted by molar-refractivity contribution is 9.10. The van der Waals surface area contributed by atoms with Crippen LogP contribution in [0.3, 0.4) is 0 Å². The summed E-state index contributed by atoms with van der Waals surface area (Å²) in [5.74, 6) is 0. The van der Waals surface area contributed by atoms with Gasteiger partial charge in [0.15, 0.2) is 0 Å². The molecule has 1 aromatic carbocycles. The molecule has 0 saturated carbocycles. The van der Waals surface area contributed by atoms with Crippen molar-refractivity contribution in [1.82, 2.24) is 4.72 Å². The molecule has 1 rings (SSSR count). The van der Waals surface area contributed by atoms with E-state index in [1.165, 1.54) is 18.6 Å². The molecule has 0 amide bonds. The minimum atomic E-state index is -3.72. The lowest BCUT2D eigenvalue weighted by Crippen LogP contribution is -2.32. The molecular formula is C14H20BrCl2NO2S. The van der Waals surface area contributed by atoms with Gasteiger partial charge < -0.3 is 0 Å². The number of unbranched alkanes of at least 4 members (excludes halogenated alkanes) is 3. The van der Waals surface area contributed by atoms with Gasteiger partial charge >= 0.3 is 0 Å². The van der Waals surface area contributed by atoms with Crippen LogP contribution in [0.4, 0.5) is 0 Å². The summed E-state index contributed by atoms with van der Waals surface area (Å²) >= 11 is 15.3. The van der Waals surface area contributed by atoms with Crippen molar-refractivity contribution in [3.05, 3.63) is 26.7 Å². The second kappa shape index (κ2) is 8.73. The summed E-state index contributed by atoms with van der Waals surface area (Å²) < 4.78 is 28.1. The predicted octanol–water partition coefficient (Wildman–Crippen LogP) is 5.39. The molecule has 0 aliphatic carbocycles. The third kappa shape index (κ3) is 6.06. The average molecular weight is 417 g/mol. The van der Waals surface area contributed by atoms with Crippen molar-refractivity contribution in [2.75, 3.05) is 0 Å². The zero-order chi connectivity index (χ0) is 16.0. The van der Waals surface area contributed by atoms with Crippen LogP contribution >= 0.6 is 39.1 Å². The molecule has 0 heterocycles. The van der Waals surface area contributed by atoms with E-state index in [2.05, 4.69) is 27.6 Å². The first-order valence-corrected chi connectivity index (χ1v) is 9.98. The first-order valence-electron chi connectivity index (χ1n) is 6.94. The van der Waals surface area contributed by atoms with Crippen molar-refractivity contribution in [3.8, 4) is 0 Å². The van der Waals surface area contributed by atoms with Crippen molar-refractivity contribution >= 4 is 49.2 Å². The van der Waals surface area contributed by atoms with Crippen LogP contribution in [0.25, 0.3) is 0 Å². The Morgan fingerprint density at radius 2 is 1.76 bits per heavy atom. The van der Waals surface area contributed by atoms with E-state index in [0.717, 1.165) is 25.7 Å². The number of hydrogen-bond acceptors (Lipinski definition) is 2. The van der Waals surface area contributed by atoms with Gasteiger partial charge in [-0.25, -0.2) is 13.1 Å². The smallest absolute Gasteiger partial charge is 0.208 e. The SMILES string of the molecule is CCCCCCC(C)NS(=O)(=O)c1c(Cl)cc(Br)cc1Cl. The molecule has 1 N–H and O–H groups in total. The molecule has 0 spiro atoms. The fraction of sp³-hybridized carbons (Fsp3) is 0.571. The summed E-state index contributed by atoms with van der Waals surface area (Å²) in [5.41, 5.74) is 0. The normalized spacial score (nSPS) is 13.4. The molecule has 0 bridgehead atoms. The lowest BCUT2D eigenvalue weighted by molar-refractivity contribution is 0.522. The van der Waals surface area contributed by atoms with Gasteiger partial charge in [0.25, 0.3) is 0 Å². The Bertz CT molecular complexity index is 555. The molecule has 1 atom stereocenters. The monoisotopic (exact) mass is 415 g/mol. The van der Waals surface area contributed by atoms with Crippen LogP contribution in [0.15, 0.2) is 21.5 Å². The van der Waals surface area contributed by atoms with Crippen molar-refractivity contribution in [1.29, 1.82) is 0 Å². The second-order valence-electron chi connectivity index (χ2n) is 5.07. The van der Waals surface area contributed by atoms with Gasteiger partial charge in [-0.1, -0.05) is 71.7 Å². The summed E-state index contributed by atoms with van der Waals surface area (Å²) in [6.45, 7) is 3.99. The second-order valence-corrected chi connectivity index (χ2v) is 8.45. The van der Waals surface area contributed by atoms with E-state index in [4.69, 9.17) is 23.2 Å². The van der Waals surface area contributed by atoms with E-state index in [1.54, 1.807) is 0 Å². The van der Waals surface area contributed by atoms with Gasteiger partial charge in [0.1, 0.15) is 4.90 Å². The van der Waals surface area contributed by atoms with Gasteiger partial charge in [0, 0.05) is 10.5 Å². The number of sulfonamides is 1. The van der Waals surface area contributed by atoms with Crippen LogP contribution in [-0.2, 0) is 10.0 Å². The molecule has 7 heteroatoms. The van der Waals surface area contributed by atoms with Crippen molar-refractivity contribution in [2.24, 2.45) is 0 Å². The van der Waals surface area contributed by atoms with E-state index >= 15 is 0 Å². The Morgan fingerprint density at radius 1 is 1.19 bits per heavy atom. The average Bonchev–Trinajstić information content (AvgIpc) is 2.32. The molecule has 0 aliphatic heterocycles. The minimum absolute atomic E-state index is 0.0607. The maximum absolute atomic E-state index is 12.4. The molecule has 0 aromatic heterocycles. The van der Waals surface area contributed by atoms with Crippen LogP contribution in [0.1, 0.15) is 46.0 Å². The molecule has 0 radical (unpaired) electrons. The van der Waals surface area contributed by atoms with E-state index in [9.17, 15) is 8.42 Å². The Balaban J connectivity index is 2.78. The van der Waals surface area contributed by atoms with E-state index < -0.39 is 10.0 Å². The summed E-state index contributed by atoms with van der Waals surface area (Å²) in [7, 11) is -3.72. The largest absolute Gasteiger partial charge is 0.243 e. The zero-order valence-corrected chi connectivity index (χ0v) is 16.0. The topological polar surface area (TPSA) is 46.2 Å². The third-order valence-corrected chi connectivity index (χ3v) is 6.05. The Morgan fingerprint density at radius 3 is 2.29 bits per heavy atom. The van der Waals surface area contributed by atoms with Crippen LogP contribution in [0.5, 0.6) is 0 Å². The number of rotatable bonds is 8. The van der Waals surface area contributed by atoms with Gasteiger partial charge in [0.05, 0.1) is 10.0 Å². The number of halogens is 3. The van der Waals surface area contributed by atoms with E-state index in [1.807, 2.05) is 6.92 Å². The molecule has 21 heavy (non-hydrogen) atoms. The maximum atomic E-state index is 12.4. The fourth-order valence-electron chi connectivity index (χ4n) is 2.05. The number of nitrogens with one attached hydrogen (secondary N) is 1. The van der Waals surface area contributed by atoms with Crippen molar-refractivity contribution in [3.63, 3.8) is 0 Å². The zero-order valence-electron chi connectivity index (χ0n) is 12.1. The van der Waals surface area contributed by atoms with Crippen LogP contribution in [0.2, 0.25) is 10.0 Å². The molecular weight excluding hydrogens is 397 g/mol. The van der Waals surface area contributed by atoms with Crippen molar-refractivity contribution in [2.45, 2.75) is 56.9 Å². The molecule has 0 aliphatic rings. The van der Waals surface area contributed by atoms with Gasteiger partial charge in [-0.2, -0.15) is 0 Å². The molecule has 1 aromatic rings. The van der Waals surface area contributed by atoms with Crippen molar-refractivity contribution < 1.29 is 8.42 Å². The van der Waals surface area contributed by atoms with Gasteiger partial charge in [-0.3, -0.25) is 0 Å². The highest BCUT2D eigenvalue weighted by Gasteiger charge is 2.24. The Hall–Kier alpha value is 0.190. The molecule has 3 nitrogen and oxygen atoms in total. The summed E-state index contributed by atoms with van der Waals surface area (Å²) in [6, 6.07) is 2.89. The summed E-state index contributed by atoms with van der Waals surface area (Å²) in [5, 5.41) is 0.222. The number of benzene rings is 1. The lowest BCUT2D eigenvalue weighted by atomic mass is 10.1. The minimum Gasteiger partial charge on any atom is -0.208 e. The third-order valence-electron chi connectivity index (χ3n) is 3.08. The van der Waals surface area contributed by atoms with Gasteiger partial charge in [-0.15, -0.1) is 0 Å². The predicted molar refractivity (Wildman–Crippen MR) is 92.7 cm³/mol. The Labute approximate surface area is 145 Å². The highest BCUT2D eigenvalue weighted by Crippen LogP contribution is 2.32. The standard InChI is InChI=1S/C14H20BrCl2NO2S/c1-3-4-5-6-7-10(2)18-21(19,20)14-12(16)8-11(15)9-13(14)17/h8-10,18H,3-7H2,1-2H3. The van der Waals surface area contributed by atoms with Crippen LogP contribution < -0.4 is 4.72 Å². The molecule has 0 fully saturated rings. The maximum Gasteiger partial charge on any atom is 0.243 e. The first kappa shape index (κ1) is 19.2. The molecule has 0 saturated heterocycles. The highest BCUT2D eigenvalue weighted by atomic mass is 79.9. The van der Waals surface area contributed by atoms with Gasteiger partial charge in [0.2, 0.25) is 10.0 Å².